The molecule has 0 spiro atoms. The van der Waals surface area contributed by atoms with Gasteiger partial charge in [-0.25, -0.2) is 13.1 Å². The van der Waals surface area contributed by atoms with Crippen LogP contribution in [0.2, 0.25) is 0 Å². The Morgan fingerprint density at radius 2 is 1.94 bits per heavy atom. The maximum absolute atomic E-state index is 12.0. The Morgan fingerprint density at radius 1 is 1.33 bits per heavy atom. The van der Waals surface area contributed by atoms with Crippen molar-refractivity contribution in [2.24, 2.45) is 0 Å². The summed E-state index contributed by atoms with van der Waals surface area (Å²) in [5.74, 6) is -1.01. The van der Waals surface area contributed by atoms with Crippen LogP contribution in [-0.2, 0) is 14.8 Å². The second-order valence-corrected chi connectivity index (χ2v) is 5.73. The van der Waals surface area contributed by atoms with Crippen molar-refractivity contribution in [1.82, 2.24) is 4.72 Å². The van der Waals surface area contributed by atoms with Crippen LogP contribution in [0, 0.1) is 0 Å². The van der Waals surface area contributed by atoms with Crippen molar-refractivity contribution < 1.29 is 18.3 Å². The highest BCUT2D eigenvalue weighted by Gasteiger charge is 2.21. The van der Waals surface area contributed by atoms with E-state index in [0.29, 0.717) is 6.42 Å². The first kappa shape index (κ1) is 14.7. The van der Waals surface area contributed by atoms with E-state index in [9.17, 15) is 13.2 Å². The zero-order valence-electron chi connectivity index (χ0n) is 10.2. The van der Waals surface area contributed by atoms with Crippen LogP contribution in [0.3, 0.4) is 0 Å². The minimum absolute atomic E-state index is 0.150. The maximum atomic E-state index is 12.0. The van der Waals surface area contributed by atoms with Gasteiger partial charge in [-0.3, -0.25) is 4.79 Å². The molecule has 0 heterocycles. The van der Waals surface area contributed by atoms with Gasteiger partial charge in [0.15, 0.2) is 0 Å². The van der Waals surface area contributed by atoms with Crippen molar-refractivity contribution in [1.29, 1.82) is 0 Å². The van der Waals surface area contributed by atoms with Crippen LogP contribution in [0.25, 0.3) is 0 Å². The standard InChI is InChI=1S/C12H17NO4S/c1-2-6-10(9-12(14)15)13-18(16,17)11-7-4-3-5-8-11/h3-5,7-8,10,13H,2,6,9H2,1H3,(H,14,15). The average molecular weight is 271 g/mol. The molecule has 1 aromatic carbocycles. The number of sulfonamides is 1. The minimum atomic E-state index is -3.64. The molecule has 0 fully saturated rings. The molecule has 0 aliphatic heterocycles. The minimum Gasteiger partial charge on any atom is -0.481 e. The summed E-state index contributed by atoms with van der Waals surface area (Å²) in [7, 11) is -3.64. The van der Waals surface area contributed by atoms with E-state index in [1.54, 1.807) is 18.2 Å². The lowest BCUT2D eigenvalue weighted by atomic mass is 10.1. The first-order valence-electron chi connectivity index (χ1n) is 5.75. The average Bonchev–Trinajstić information content (AvgIpc) is 2.29. The summed E-state index contributed by atoms with van der Waals surface area (Å²) in [6, 6.07) is 7.36. The smallest absolute Gasteiger partial charge is 0.304 e. The van der Waals surface area contributed by atoms with E-state index in [0.717, 1.165) is 6.42 Å². The first-order valence-corrected chi connectivity index (χ1v) is 7.23. The second-order valence-electron chi connectivity index (χ2n) is 4.02. The van der Waals surface area contributed by atoms with Crippen LogP contribution >= 0.6 is 0 Å². The fourth-order valence-electron chi connectivity index (χ4n) is 1.65. The summed E-state index contributed by atoms with van der Waals surface area (Å²) >= 11 is 0. The van der Waals surface area contributed by atoms with E-state index < -0.39 is 22.0 Å². The van der Waals surface area contributed by atoms with Crippen LogP contribution in [0.4, 0.5) is 0 Å². The van der Waals surface area contributed by atoms with Crippen LogP contribution in [0.1, 0.15) is 26.2 Å². The Morgan fingerprint density at radius 3 is 2.44 bits per heavy atom. The molecule has 1 rings (SSSR count). The number of carbonyl (C=O) groups is 1. The van der Waals surface area contributed by atoms with Gasteiger partial charge in [-0.2, -0.15) is 0 Å². The van der Waals surface area contributed by atoms with Crippen molar-refractivity contribution >= 4 is 16.0 Å². The number of rotatable bonds is 7. The highest BCUT2D eigenvalue weighted by Crippen LogP contribution is 2.11. The summed E-state index contributed by atoms with van der Waals surface area (Å²) < 4.78 is 26.4. The van der Waals surface area contributed by atoms with Crippen molar-refractivity contribution in [2.75, 3.05) is 0 Å². The number of hydrogen-bond acceptors (Lipinski definition) is 3. The molecular weight excluding hydrogens is 254 g/mol. The van der Waals surface area contributed by atoms with Gasteiger partial charge in [0.1, 0.15) is 0 Å². The van der Waals surface area contributed by atoms with Crippen LogP contribution < -0.4 is 4.72 Å². The number of carboxylic acids is 1. The number of carboxylic acid groups (broad SMARTS) is 1. The monoisotopic (exact) mass is 271 g/mol. The molecule has 2 N–H and O–H groups in total. The lowest BCUT2D eigenvalue weighted by Gasteiger charge is -2.16. The third kappa shape index (κ3) is 4.46. The zero-order chi connectivity index (χ0) is 13.6. The molecule has 0 aliphatic carbocycles. The third-order valence-corrected chi connectivity index (χ3v) is 3.97. The van der Waals surface area contributed by atoms with E-state index in [4.69, 9.17) is 5.11 Å². The molecule has 0 radical (unpaired) electrons. The van der Waals surface area contributed by atoms with E-state index in [2.05, 4.69) is 4.72 Å². The summed E-state index contributed by atoms with van der Waals surface area (Å²) in [5, 5.41) is 8.74. The van der Waals surface area contributed by atoms with Crippen LogP contribution in [0.15, 0.2) is 35.2 Å². The molecule has 5 nitrogen and oxygen atoms in total. The van der Waals surface area contributed by atoms with E-state index in [1.165, 1.54) is 12.1 Å². The fraction of sp³-hybridized carbons (Fsp3) is 0.417. The lowest BCUT2D eigenvalue weighted by Crippen LogP contribution is -2.36. The van der Waals surface area contributed by atoms with Crippen LogP contribution in [-0.4, -0.2) is 25.5 Å². The number of benzene rings is 1. The Hall–Kier alpha value is -1.40. The number of aliphatic carboxylic acids is 1. The normalized spacial score (nSPS) is 13.2. The van der Waals surface area contributed by atoms with Crippen molar-refractivity contribution in [2.45, 2.75) is 37.1 Å². The first-order chi connectivity index (χ1) is 8.45. The number of hydrogen-bond donors (Lipinski definition) is 2. The molecule has 0 amide bonds. The summed E-state index contributed by atoms with van der Waals surface area (Å²) in [4.78, 5) is 10.8. The van der Waals surface area contributed by atoms with Gasteiger partial charge >= 0.3 is 5.97 Å². The van der Waals surface area contributed by atoms with Gasteiger partial charge in [-0.15, -0.1) is 0 Å². The molecule has 1 unspecified atom stereocenters. The van der Waals surface area contributed by atoms with Gasteiger partial charge in [0, 0.05) is 6.04 Å². The molecule has 0 saturated heterocycles. The Balaban J connectivity index is 2.82. The lowest BCUT2D eigenvalue weighted by molar-refractivity contribution is -0.137. The Kier molecular flexibility index (Phi) is 5.30. The molecule has 1 aromatic rings. The highest BCUT2D eigenvalue weighted by atomic mass is 32.2. The highest BCUT2D eigenvalue weighted by molar-refractivity contribution is 7.89. The van der Waals surface area contributed by atoms with Gasteiger partial charge < -0.3 is 5.11 Å². The molecule has 1 atom stereocenters. The van der Waals surface area contributed by atoms with E-state index in [-0.39, 0.29) is 11.3 Å². The van der Waals surface area contributed by atoms with Crippen molar-refractivity contribution in [3.05, 3.63) is 30.3 Å². The Bertz CT molecular complexity index is 484. The molecule has 0 aromatic heterocycles. The zero-order valence-corrected chi connectivity index (χ0v) is 11.0. The predicted octanol–water partition coefficient (Wildman–Crippen LogP) is 1.61. The van der Waals surface area contributed by atoms with Crippen molar-refractivity contribution in [3.63, 3.8) is 0 Å². The molecule has 100 valence electrons. The molecule has 6 heteroatoms. The molecule has 0 saturated carbocycles. The Labute approximate surface area is 107 Å². The molecule has 0 aliphatic rings. The van der Waals surface area contributed by atoms with E-state index >= 15 is 0 Å². The molecule has 18 heavy (non-hydrogen) atoms. The van der Waals surface area contributed by atoms with E-state index in [1.807, 2.05) is 6.92 Å². The number of nitrogens with one attached hydrogen (secondary N) is 1. The van der Waals surface area contributed by atoms with Crippen molar-refractivity contribution in [3.8, 4) is 0 Å². The van der Waals surface area contributed by atoms with Gasteiger partial charge in [0.2, 0.25) is 10.0 Å². The second kappa shape index (κ2) is 6.51. The summed E-state index contributed by atoms with van der Waals surface area (Å²) in [6.45, 7) is 1.88. The fourth-order valence-corrected chi connectivity index (χ4v) is 2.94. The largest absolute Gasteiger partial charge is 0.481 e. The van der Waals surface area contributed by atoms with Gasteiger partial charge in [-0.05, 0) is 18.6 Å². The van der Waals surface area contributed by atoms with Crippen LogP contribution in [0.5, 0.6) is 0 Å². The quantitative estimate of drug-likeness (QED) is 0.789. The SMILES string of the molecule is CCCC(CC(=O)O)NS(=O)(=O)c1ccccc1. The molecule has 0 bridgehead atoms. The topological polar surface area (TPSA) is 83.5 Å². The maximum Gasteiger partial charge on any atom is 0.304 e. The van der Waals surface area contributed by atoms with Gasteiger partial charge in [-0.1, -0.05) is 31.5 Å². The van der Waals surface area contributed by atoms with Gasteiger partial charge in [0.05, 0.1) is 11.3 Å². The predicted molar refractivity (Wildman–Crippen MR) is 67.7 cm³/mol. The summed E-state index contributed by atoms with van der Waals surface area (Å²) in [6.07, 6.45) is 1.01. The molecular formula is C12H17NO4S. The third-order valence-electron chi connectivity index (χ3n) is 2.43. The van der Waals surface area contributed by atoms with Gasteiger partial charge in [0.25, 0.3) is 0 Å². The summed E-state index contributed by atoms with van der Waals surface area (Å²) in [5.41, 5.74) is 0.